The van der Waals surface area contributed by atoms with Crippen molar-refractivity contribution >= 4 is 5.91 Å². The van der Waals surface area contributed by atoms with Crippen LogP contribution in [-0.4, -0.2) is 56.5 Å². The first kappa shape index (κ1) is 18.3. The van der Waals surface area contributed by atoms with Gasteiger partial charge in [-0.05, 0) is 23.8 Å². The quantitative estimate of drug-likeness (QED) is 0.761. The fourth-order valence-electron chi connectivity index (χ4n) is 3.55. The molecule has 0 spiro atoms. The van der Waals surface area contributed by atoms with Crippen molar-refractivity contribution in [3.8, 4) is 16.9 Å². The number of aromatic nitrogens is 2. The highest BCUT2D eigenvalue weighted by atomic mass is 16.3. The molecule has 4 rings (SSSR count). The van der Waals surface area contributed by atoms with E-state index in [1.54, 1.807) is 12.1 Å². The van der Waals surface area contributed by atoms with Crippen molar-refractivity contribution < 1.29 is 9.90 Å². The lowest BCUT2D eigenvalue weighted by molar-refractivity contribution is 0.0624. The Hall–Kier alpha value is -3.12. The molecule has 1 aromatic heterocycles. The molecular formula is C22H24N4O2. The maximum Gasteiger partial charge on any atom is 0.253 e. The van der Waals surface area contributed by atoms with Gasteiger partial charge in [0.25, 0.3) is 5.91 Å². The maximum absolute atomic E-state index is 12.8. The molecule has 1 aliphatic rings. The molecule has 144 valence electrons. The maximum atomic E-state index is 12.8. The van der Waals surface area contributed by atoms with Gasteiger partial charge in [0.2, 0.25) is 0 Å². The third-order valence-corrected chi connectivity index (χ3v) is 5.29. The number of rotatable bonds is 4. The number of hydrogen-bond donors (Lipinski definition) is 1. The van der Waals surface area contributed by atoms with E-state index in [0.717, 1.165) is 36.6 Å². The molecule has 28 heavy (non-hydrogen) atoms. The van der Waals surface area contributed by atoms with Crippen LogP contribution in [0.1, 0.15) is 16.2 Å². The zero-order chi connectivity index (χ0) is 19.5. The predicted molar refractivity (Wildman–Crippen MR) is 108 cm³/mol. The lowest BCUT2D eigenvalue weighted by Crippen LogP contribution is -2.48. The van der Waals surface area contributed by atoms with Gasteiger partial charge in [-0.15, -0.1) is 0 Å². The number of phenolic OH excluding ortho intramolecular Hbond substituents is 1. The van der Waals surface area contributed by atoms with Crippen LogP contribution in [0, 0.1) is 0 Å². The Labute approximate surface area is 164 Å². The standard InChI is InChI=1S/C22H24N4O2/c1-24-11-10-23-21(24)16-25-12-14-26(15-13-25)22(28)18-8-6-17(7-9-18)19-4-2-3-5-20(19)27/h2-11,27H,12-16H2,1H3. The Morgan fingerprint density at radius 2 is 1.75 bits per heavy atom. The number of imidazole rings is 1. The van der Waals surface area contributed by atoms with Gasteiger partial charge in [-0.25, -0.2) is 4.98 Å². The molecule has 3 aromatic rings. The van der Waals surface area contributed by atoms with Gasteiger partial charge in [0.15, 0.2) is 0 Å². The number of aromatic hydroxyl groups is 1. The Morgan fingerprint density at radius 1 is 1.04 bits per heavy atom. The average molecular weight is 376 g/mol. The first-order chi connectivity index (χ1) is 13.6. The minimum atomic E-state index is 0.0560. The number of amides is 1. The first-order valence-electron chi connectivity index (χ1n) is 9.48. The Bertz CT molecular complexity index is 957. The van der Waals surface area contributed by atoms with Crippen molar-refractivity contribution in [2.75, 3.05) is 26.2 Å². The zero-order valence-electron chi connectivity index (χ0n) is 16.0. The van der Waals surface area contributed by atoms with Crippen LogP contribution >= 0.6 is 0 Å². The van der Waals surface area contributed by atoms with E-state index < -0.39 is 0 Å². The fourth-order valence-corrected chi connectivity index (χ4v) is 3.55. The largest absolute Gasteiger partial charge is 0.507 e. The van der Waals surface area contributed by atoms with Gasteiger partial charge in [-0.1, -0.05) is 30.3 Å². The minimum absolute atomic E-state index is 0.0560. The average Bonchev–Trinajstić information content (AvgIpc) is 3.13. The molecule has 2 heterocycles. The van der Waals surface area contributed by atoms with Gasteiger partial charge in [0.1, 0.15) is 11.6 Å². The molecule has 0 radical (unpaired) electrons. The number of hydrogen-bond acceptors (Lipinski definition) is 4. The van der Waals surface area contributed by atoms with Crippen LogP contribution in [0.4, 0.5) is 0 Å². The van der Waals surface area contributed by atoms with Crippen molar-refractivity contribution in [3.05, 3.63) is 72.3 Å². The molecule has 1 amide bonds. The van der Waals surface area contributed by atoms with E-state index in [9.17, 15) is 9.90 Å². The second-order valence-corrected chi connectivity index (χ2v) is 7.12. The molecular weight excluding hydrogens is 352 g/mol. The van der Waals surface area contributed by atoms with Crippen LogP contribution in [0.15, 0.2) is 60.9 Å². The monoisotopic (exact) mass is 376 g/mol. The van der Waals surface area contributed by atoms with Crippen LogP contribution in [0.2, 0.25) is 0 Å². The van der Waals surface area contributed by atoms with E-state index in [2.05, 4.69) is 9.88 Å². The van der Waals surface area contributed by atoms with Crippen molar-refractivity contribution in [1.82, 2.24) is 19.4 Å². The van der Waals surface area contributed by atoms with E-state index in [0.29, 0.717) is 18.7 Å². The summed E-state index contributed by atoms with van der Waals surface area (Å²) in [4.78, 5) is 21.4. The summed E-state index contributed by atoms with van der Waals surface area (Å²) >= 11 is 0. The summed E-state index contributed by atoms with van der Waals surface area (Å²) in [6, 6.07) is 14.7. The third kappa shape index (κ3) is 3.77. The number of nitrogens with zero attached hydrogens (tertiary/aromatic N) is 4. The number of para-hydroxylation sites is 1. The Balaban J connectivity index is 1.37. The molecule has 0 saturated carbocycles. The van der Waals surface area contributed by atoms with E-state index in [4.69, 9.17) is 0 Å². The lowest BCUT2D eigenvalue weighted by atomic mass is 10.0. The van der Waals surface area contributed by atoms with Crippen molar-refractivity contribution in [2.24, 2.45) is 7.05 Å². The number of benzene rings is 2. The van der Waals surface area contributed by atoms with Gasteiger partial charge < -0.3 is 14.6 Å². The van der Waals surface area contributed by atoms with Crippen LogP contribution in [-0.2, 0) is 13.6 Å². The summed E-state index contributed by atoms with van der Waals surface area (Å²) in [5, 5.41) is 9.99. The van der Waals surface area contributed by atoms with Crippen LogP contribution in [0.3, 0.4) is 0 Å². The molecule has 6 nitrogen and oxygen atoms in total. The number of aryl methyl sites for hydroxylation is 1. The van der Waals surface area contributed by atoms with Gasteiger partial charge in [-0.2, -0.15) is 0 Å². The minimum Gasteiger partial charge on any atom is -0.507 e. The number of carbonyl (C=O) groups is 1. The molecule has 1 saturated heterocycles. The second-order valence-electron chi connectivity index (χ2n) is 7.12. The van der Waals surface area contributed by atoms with Crippen molar-refractivity contribution in [1.29, 1.82) is 0 Å². The summed E-state index contributed by atoms with van der Waals surface area (Å²) in [6.45, 7) is 3.92. The van der Waals surface area contributed by atoms with Gasteiger partial charge in [-0.3, -0.25) is 9.69 Å². The normalized spacial score (nSPS) is 15.0. The molecule has 1 N–H and O–H groups in total. The number of phenols is 1. The molecule has 0 aliphatic carbocycles. The predicted octanol–water partition coefficient (Wildman–Crippen LogP) is 2.75. The second kappa shape index (κ2) is 7.86. The molecule has 2 aromatic carbocycles. The summed E-state index contributed by atoms with van der Waals surface area (Å²) in [7, 11) is 2.00. The van der Waals surface area contributed by atoms with E-state index >= 15 is 0 Å². The molecule has 0 bridgehead atoms. The van der Waals surface area contributed by atoms with Crippen molar-refractivity contribution in [2.45, 2.75) is 6.54 Å². The van der Waals surface area contributed by atoms with E-state index in [1.165, 1.54) is 0 Å². The summed E-state index contributed by atoms with van der Waals surface area (Å²) in [5.41, 5.74) is 2.34. The topological polar surface area (TPSA) is 61.6 Å². The van der Waals surface area contributed by atoms with E-state index in [-0.39, 0.29) is 11.7 Å². The summed E-state index contributed by atoms with van der Waals surface area (Å²) in [6.07, 6.45) is 3.77. The molecule has 0 atom stereocenters. The van der Waals surface area contributed by atoms with Gasteiger partial charge >= 0.3 is 0 Å². The lowest BCUT2D eigenvalue weighted by Gasteiger charge is -2.34. The van der Waals surface area contributed by atoms with E-state index in [1.807, 2.05) is 65.3 Å². The first-order valence-corrected chi connectivity index (χ1v) is 9.48. The fraction of sp³-hybridized carbons (Fsp3) is 0.273. The zero-order valence-corrected chi connectivity index (χ0v) is 16.0. The van der Waals surface area contributed by atoms with Crippen molar-refractivity contribution in [3.63, 3.8) is 0 Å². The summed E-state index contributed by atoms with van der Waals surface area (Å²) in [5.74, 6) is 1.34. The molecule has 1 aliphatic heterocycles. The molecule has 1 fully saturated rings. The third-order valence-electron chi connectivity index (χ3n) is 5.29. The van der Waals surface area contributed by atoms with Crippen LogP contribution < -0.4 is 0 Å². The SMILES string of the molecule is Cn1ccnc1CN1CCN(C(=O)c2ccc(-c3ccccc3O)cc2)CC1. The molecule has 0 unspecified atom stereocenters. The smallest absolute Gasteiger partial charge is 0.253 e. The van der Waals surface area contributed by atoms with Crippen LogP contribution in [0.25, 0.3) is 11.1 Å². The highest BCUT2D eigenvalue weighted by Crippen LogP contribution is 2.28. The summed E-state index contributed by atoms with van der Waals surface area (Å²) < 4.78 is 2.03. The highest BCUT2D eigenvalue weighted by Gasteiger charge is 2.23. The number of carbonyl (C=O) groups excluding carboxylic acids is 1. The molecule has 6 heteroatoms. The van der Waals surface area contributed by atoms with Gasteiger partial charge in [0.05, 0.1) is 6.54 Å². The van der Waals surface area contributed by atoms with Crippen LogP contribution in [0.5, 0.6) is 5.75 Å². The van der Waals surface area contributed by atoms with Gasteiger partial charge in [0, 0.05) is 56.7 Å². The number of piperazine rings is 1. The highest BCUT2D eigenvalue weighted by molar-refractivity contribution is 5.95. The Morgan fingerprint density at radius 3 is 2.39 bits per heavy atom. The Kier molecular flexibility index (Phi) is 5.12.